The Balaban J connectivity index is 2.29. The molecule has 1 aromatic heterocycles. The van der Waals surface area contributed by atoms with Crippen LogP contribution in [0.25, 0.3) is 0 Å². The van der Waals surface area contributed by atoms with Gasteiger partial charge in [0.05, 0.1) is 10.8 Å². The van der Waals surface area contributed by atoms with E-state index in [1.54, 1.807) is 51.2 Å². The molecule has 0 fully saturated rings. The standard InChI is InChI=1S/C18H28N2O4S2/c1-17(2,15(21)22)9-5-11-25-13-7-8-14(20-19-13)26-12-6-10-18(3,4)16(23)24/h7-8H,5-6,9-12H2,1-4H3,(H,21,22)(H,23,24). The molecule has 0 aliphatic carbocycles. The summed E-state index contributed by atoms with van der Waals surface area (Å²) >= 11 is 3.15. The second-order valence-corrected chi connectivity index (χ2v) is 9.72. The first-order valence-corrected chi connectivity index (χ1v) is 10.6. The van der Waals surface area contributed by atoms with Gasteiger partial charge in [0.15, 0.2) is 0 Å². The molecule has 2 N–H and O–H groups in total. The largest absolute Gasteiger partial charge is 0.481 e. The van der Waals surface area contributed by atoms with Crippen molar-refractivity contribution in [3.63, 3.8) is 0 Å². The summed E-state index contributed by atoms with van der Waals surface area (Å²) in [5.74, 6) is 0.0791. The minimum atomic E-state index is -0.768. The van der Waals surface area contributed by atoms with Crippen molar-refractivity contribution in [2.45, 2.75) is 63.4 Å². The van der Waals surface area contributed by atoms with Crippen molar-refractivity contribution in [1.82, 2.24) is 10.2 Å². The van der Waals surface area contributed by atoms with E-state index in [2.05, 4.69) is 10.2 Å². The number of hydrogen-bond acceptors (Lipinski definition) is 6. The van der Waals surface area contributed by atoms with Gasteiger partial charge in [-0.15, -0.1) is 33.7 Å². The summed E-state index contributed by atoms with van der Waals surface area (Å²) in [5.41, 5.74) is -1.39. The first kappa shape index (κ1) is 22.8. The van der Waals surface area contributed by atoms with Gasteiger partial charge in [0, 0.05) is 0 Å². The first-order valence-electron chi connectivity index (χ1n) is 8.61. The highest BCUT2D eigenvalue weighted by Gasteiger charge is 2.26. The molecule has 6 nitrogen and oxygen atoms in total. The first-order chi connectivity index (χ1) is 12.0. The molecule has 0 spiro atoms. The Bertz CT molecular complexity index is 551. The molecule has 0 saturated heterocycles. The van der Waals surface area contributed by atoms with Gasteiger partial charge < -0.3 is 10.2 Å². The molecule has 1 heterocycles. The Morgan fingerprint density at radius 3 is 1.46 bits per heavy atom. The lowest BCUT2D eigenvalue weighted by Crippen LogP contribution is -2.23. The van der Waals surface area contributed by atoms with Gasteiger partial charge in [-0.25, -0.2) is 0 Å². The minimum absolute atomic E-state index is 0.628. The fourth-order valence-corrected chi connectivity index (χ4v) is 3.58. The van der Waals surface area contributed by atoms with E-state index in [9.17, 15) is 9.59 Å². The van der Waals surface area contributed by atoms with Crippen LogP contribution in [0.1, 0.15) is 53.4 Å². The zero-order chi connectivity index (χ0) is 19.8. The number of nitrogens with zero attached hydrogens (tertiary/aromatic N) is 2. The molecule has 0 atom stereocenters. The van der Waals surface area contributed by atoms with Gasteiger partial charge in [-0.3, -0.25) is 9.59 Å². The van der Waals surface area contributed by atoms with Gasteiger partial charge in [0.1, 0.15) is 10.1 Å². The van der Waals surface area contributed by atoms with Crippen molar-refractivity contribution < 1.29 is 19.8 Å². The Kier molecular flexibility index (Phi) is 8.89. The van der Waals surface area contributed by atoms with Crippen molar-refractivity contribution in [1.29, 1.82) is 0 Å². The summed E-state index contributed by atoms with van der Waals surface area (Å²) in [4.78, 5) is 22.1. The summed E-state index contributed by atoms with van der Waals surface area (Å²) in [5, 5.41) is 28.2. The summed E-state index contributed by atoms with van der Waals surface area (Å²) < 4.78 is 0. The molecule has 8 heteroatoms. The van der Waals surface area contributed by atoms with E-state index in [1.807, 2.05) is 12.1 Å². The predicted octanol–water partition coefficient (Wildman–Crippen LogP) is 4.44. The zero-order valence-electron chi connectivity index (χ0n) is 15.8. The van der Waals surface area contributed by atoms with Crippen molar-refractivity contribution in [3.05, 3.63) is 12.1 Å². The molecule has 26 heavy (non-hydrogen) atoms. The van der Waals surface area contributed by atoms with Crippen LogP contribution >= 0.6 is 23.5 Å². The number of carboxylic acids is 2. The maximum absolute atomic E-state index is 11.1. The van der Waals surface area contributed by atoms with E-state index >= 15 is 0 Å². The molecule has 0 unspecified atom stereocenters. The average Bonchev–Trinajstić information content (AvgIpc) is 2.56. The van der Waals surface area contributed by atoms with Crippen LogP contribution in [0.5, 0.6) is 0 Å². The zero-order valence-corrected chi connectivity index (χ0v) is 17.5. The van der Waals surface area contributed by atoms with Crippen molar-refractivity contribution in [2.75, 3.05) is 11.5 Å². The maximum Gasteiger partial charge on any atom is 0.309 e. The van der Waals surface area contributed by atoms with Crippen LogP contribution in [-0.4, -0.2) is 43.9 Å². The normalized spacial score (nSPS) is 12.2. The fraction of sp³-hybridized carbons (Fsp3) is 0.667. The van der Waals surface area contributed by atoms with E-state index in [-0.39, 0.29) is 0 Å². The molecule has 0 aliphatic heterocycles. The number of aliphatic carboxylic acids is 2. The second kappa shape index (κ2) is 10.2. The molecule has 0 radical (unpaired) electrons. The van der Waals surface area contributed by atoms with E-state index in [4.69, 9.17) is 10.2 Å². The van der Waals surface area contributed by atoms with Crippen LogP contribution in [0.2, 0.25) is 0 Å². The molecule has 146 valence electrons. The third-order valence-electron chi connectivity index (χ3n) is 4.17. The molecule has 1 aromatic rings. The van der Waals surface area contributed by atoms with Crippen LogP contribution < -0.4 is 0 Å². The number of carboxylic acid groups (broad SMARTS) is 2. The SMILES string of the molecule is CC(C)(CCCSc1ccc(SCCCC(C)(C)C(=O)O)nn1)C(=O)O. The van der Waals surface area contributed by atoms with Crippen molar-refractivity contribution >= 4 is 35.5 Å². The van der Waals surface area contributed by atoms with Gasteiger partial charge >= 0.3 is 11.9 Å². The maximum atomic E-state index is 11.1. The molecule has 0 saturated carbocycles. The van der Waals surface area contributed by atoms with Crippen LogP contribution in [-0.2, 0) is 9.59 Å². The summed E-state index contributed by atoms with van der Waals surface area (Å²) in [7, 11) is 0. The Morgan fingerprint density at radius 2 is 1.19 bits per heavy atom. The Morgan fingerprint density at radius 1 is 0.846 bits per heavy atom. The average molecular weight is 401 g/mol. The fourth-order valence-electron chi connectivity index (χ4n) is 2.06. The lowest BCUT2D eigenvalue weighted by molar-refractivity contribution is -0.148. The molecular weight excluding hydrogens is 372 g/mol. The Hall–Kier alpha value is -1.28. The van der Waals surface area contributed by atoms with Gasteiger partial charge in [-0.2, -0.15) is 0 Å². The third-order valence-corrected chi connectivity index (χ3v) is 6.18. The molecule has 0 aliphatic rings. The van der Waals surface area contributed by atoms with Crippen LogP contribution in [0.4, 0.5) is 0 Å². The van der Waals surface area contributed by atoms with Crippen molar-refractivity contribution in [2.24, 2.45) is 10.8 Å². The van der Waals surface area contributed by atoms with Crippen LogP contribution in [0.15, 0.2) is 22.2 Å². The number of thioether (sulfide) groups is 2. The minimum Gasteiger partial charge on any atom is -0.481 e. The number of aromatic nitrogens is 2. The highest BCUT2D eigenvalue weighted by Crippen LogP contribution is 2.27. The number of hydrogen-bond donors (Lipinski definition) is 2. The molecule has 0 aromatic carbocycles. The van der Waals surface area contributed by atoms with E-state index in [1.165, 1.54) is 0 Å². The smallest absolute Gasteiger partial charge is 0.309 e. The summed E-state index contributed by atoms with van der Waals surface area (Å²) in [6, 6.07) is 3.84. The highest BCUT2D eigenvalue weighted by molar-refractivity contribution is 7.99. The monoisotopic (exact) mass is 400 g/mol. The van der Waals surface area contributed by atoms with Gasteiger partial charge in [0.25, 0.3) is 0 Å². The topological polar surface area (TPSA) is 100 Å². The highest BCUT2D eigenvalue weighted by atomic mass is 32.2. The van der Waals surface area contributed by atoms with Gasteiger partial charge in [0.2, 0.25) is 0 Å². The molecule has 1 rings (SSSR count). The molecular formula is C18H28N2O4S2. The number of rotatable bonds is 12. The third kappa shape index (κ3) is 7.95. The van der Waals surface area contributed by atoms with E-state index < -0.39 is 22.8 Å². The Labute approximate surface area is 163 Å². The predicted molar refractivity (Wildman–Crippen MR) is 105 cm³/mol. The van der Waals surface area contributed by atoms with E-state index in [0.717, 1.165) is 34.4 Å². The molecule has 0 bridgehead atoms. The number of carbonyl (C=O) groups is 2. The second-order valence-electron chi connectivity index (χ2n) is 7.49. The quantitative estimate of drug-likeness (QED) is 0.392. The summed E-state index contributed by atoms with van der Waals surface area (Å²) in [6.07, 6.45) is 2.87. The van der Waals surface area contributed by atoms with E-state index in [0.29, 0.717) is 12.8 Å². The van der Waals surface area contributed by atoms with Crippen LogP contribution in [0, 0.1) is 10.8 Å². The van der Waals surface area contributed by atoms with Crippen LogP contribution in [0.3, 0.4) is 0 Å². The van der Waals surface area contributed by atoms with Gasteiger partial charge in [-0.05, 0) is 77.0 Å². The van der Waals surface area contributed by atoms with Crippen molar-refractivity contribution in [3.8, 4) is 0 Å². The van der Waals surface area contributed by atoms with Gasteiger partial charge in [-0.1, -0.05) is 0 Å². The lowest BCUT2D eigenvalue weighted by Gasteiger charge is -2.18. The summed E-state index contributed by atoms with van der Waals surface area (Å²) in [6.45, 7) is 6.96. The molecule has 0 amide bonds. The lowest BCUT2D eigenvalue weighted by atomic mass is 9.88.